The second-order valence-corrected chi connectivity index (χ2v) is 4.93. The number of hydrogen-bond acceptors (Lipinski definition) is 5. The van der Waals surface area contributed by atoms with Crippen LogP contribution in [0.25, 0.3) is 0 Å². The van der Waals surface area contributed by atoms with Gasteiger partial charge in [-0.1, -0.05) is 11.6 Å². The van der Waals surface area contributed by atoms with Crippen LogP contribution in [0.3, 0.4) is 0 Å². The lowest BCUT2D eigenvalue weighted by Gasteiger charge is -2.09. The molecule has 0 bridgehead atoms. The van der Waals surface area contributed by atoms with Crippen LogP contribution >= 0.6 is 11.6 Å². The molecule has 0 aliphatic carbocycles. The van der Waals surface area contributed by atoms with Crippen molar-refractivity contribution < 1.29 is 22.6 Å². The number of nitrogens with zero attached hydrogens (tertiary/aromatic N) is 2. The fourth-order valence-electron chi connectivity index (χ4n) is 1.83. The fraction of sp³-hybridized carbons (Fsp3) is 0.200. The molecule has 0 saturated heterocycles. The summed E-state index contributed by atoms with van der Waals surface area (Å²) in [5.74, 6) is 0.974. The van der Waals surface area contributed by atoms with Crippen molar-refractivity contribution in [2.24, 2.45) is 5.10 Å². The number of aromatic nitrogens is 1. The average molecular weight is 360 g/mol. The van der Waals surface area contributed by atoms with E-state index in [1.807, 2.05) is 0 Å². The molecule has 9 heteroatoms. The van der Waals surface area contributed by atoms with Crippen molar-refractivity contribution in [2.45, 2.75) is 6.18 Å². The third-order valence-electron chi connectivity index (χ3n) is 2.94. The maximum Gasteiger partial charge on any atom is 0.416 e. The van der Waals surface area contributed by atoms with Crippen LogP contribution in [0, 0.1) is 0 Å². The molecule has 1 aromatic heterocycles. The van der Waals surface area contributed by atoms with Crippen molar-refractivity contribution in [3.8, 4) is 11.5 Å². The van der Waals surface area contributed by atoms with Crippen molar-refractivity contribution >= 4 is 23.6 Å². The Balaban J connectivity index is 2.22. The van der Waals surface area contributed by atoms with Gasteiger partial charge < -0.3 is 9.47 Å². The predicted molar refractivity (Wildman–Crippen MR) is 85.0 cm³/mol. The van der Waals surface area contributed by atoms with Gasteiger partial charge in [-0.25, -0.2) is 4.98 Å². The Hall–Kier alpha value is -2.48. The number of halogens is 4. The van der Waals surface area contributed by atoms with Gasteiger partial charge in [-0.2, -0.15) is 18.3 Å². The number of alkyl halides is 3. The van der Waals surface area contributed by atoms with Gasteiger partial charge in [-0.05, 0) is 30.3 Å². The molecule has 0 amide bonds. The highest BCUT2D eigenvalue weighted by atomic mass is 35.5. The Morgan fingerprint density at radius 3 is 2.54 bits per heavy atom. The summed E-state index contributed by atoms with van der Waals surface area (Å²) in [7, 11) is 3.00. The molecule has 0 atom stereocenters. The SMILES string of the molecule is COc1ccc(OC)c(/C=N/Nc2cc(C(F)(F)F)cc(Cl)n2)c1. The summed E-state index contributed by atoms with van der Waals surface area (Å²) in [5.41, 5.74) is 2.07. The molecule has 0 radical (unpaired) electrons. The molecule has 0 spiro atoms. The Labute approximate surface area is 141 Å². The standard InChI is InChI=1S/C15H13ClF3N3O2/c1-23-11-3-4-12(24-2)9(5-11)8-20-22-14-7-10(15(17,18)19)6-13(16)21-14/h3-8H,1-2H3,(H,21,22)/b20-8+. The highest BCUT2D eigenvalue weighted by molar-refractivity contribution is 6.29. The molecule has 24 heavy (non-hydrogen) atoms. The van der Waals surface area contributed by atoms with E-state index < -0.39 is 11.7 Å². The van der Waals surface area contributed by atoms with Crippen molar-refractivity contribution in [1.29, 1.82) is 0 Å². The molecule has 0 aliphatic heterocycles. The molecule has 1 heterocycles. The summed E-state index contributed by atoms with van der Waals surface area (Å²) in [6.45, 7) is 0. The lowest BCUT2D eigenvalue weighted by Crippen LogP contribution is -2.06. The molecule has 0 unspecified atom stereocenters. The number of hydrogen-bond donors (Lipinski definition) is 1. The van der Waals surface area contributed by atoms with Crippen molar-refractivity contribution in [3.05, 3.63) is 46.6 Å². The minimum Gasteiger partial charge on any atom is -0.497 e. The summed E-state index contributed by atoms with van der Waals surface area (Å²) in [6, 6.07) is 6.60. The van der Waals surface area contributed by atoms with Crippen molar-refractivity contribution in [1.82, 2.24) is 4.98 Å². The molecule has 1 aromatic carbocycles. The van der Waals surface area contributed by atoms with E-state index in [-0.39, 0.29) is 11.0 Å². The molecule has 1 N–H and O–H groups in total. The number of ether oxygens (including phenoxy) is 2. The van der Waals surface area contributed by atoms with Gasteiger partial charge in [0.25, 0.3) is 0 Å². The summed E-state index contributed by atoms with van der Waals surface area (Å²) < 4.78 is 48.5. The van der Waals surface area contributed by atoms with Gasteiger partial charge in [0.2, 0.25) is 0 Å². The van der Waals surface area contributed by atoms with Crippen molar-refractivity contribution in [3.63, 3.8) is 0 Å². The van der Waals surface area contributed by atoms with Gasteiger partial charge in [-0.3, -0.25) is 5.43 Å². The van der Waals surface area contributed by atoms with Crippen LogP contribution in [0.15, 0.2) is 35.4 Å². The van der Waals surface area contributed by atoms with Crippen LogP contribution in [-0.2, 0) is 6.18 Å². The highest BCUT2D eigenvalue weighted by Crippen LogP contribution is 2.32. The Morgan fingerprint density at radius 1 is 1.17 bits per heavy atom. The Bertz CT molecular complexity index is 751. The number of rotatable bonds is 5. The summed E-state index contributed by atoms with van der Waals surface area (Å²) in [4.78, 5) is 3.74. The van der Waals surface area contributed by atoms with E-state index in [1.165, 1.54) is 20.4 Å². The van der Waals surface area contributed by atoms with Crippen LogP contribution in [0.2, 0.25) is 5.15 Å². The number of pyridine rings is 1. The molecular formula is C15H13ClF3N3O2. The van der Waals surface area contributed by atoms with Gasteiger partial charge in [0.1, 0.15) is 22.5 Å². The zero-order valence-corrected chi connectivity index (χ0v) is 13.4. The van der Waals surface area contributed by atoms with Gasteiger partial charge in [0.15, 0.2) is 0 Å². The Morgan fingerprint density at radius 2 is 1.92 bits per heavy atom. The molecule has 2 aromatic rings. The van der Waals surface area contributed by atoms with Crippen LogP contribution in [0.4, 0.5) is 19.0 Å². The maximum absolute atomic E-state index is 12.7. The maximum atomic E-state index is 12.7. The van der Waals surface area contributed by atoms with Crippen molar-refractivity contribution in [2.75, 3.05) is 19.6 Å². The zero-order valence-electron chi connectivity index (χ0n) is 12.7. The smallest absolute Gasteiger partial charge is 0.416 e. The molecule has 0 aliphatic rings. The third kappa shape index (κ3) is 4.51. The van der Waals surface area contributed by atoms with Gasteiger partial charge >= 0.3 is 6.18 Å². The molecule has 5 nitrogen and oxygen atoms in total. The molecule has 0 saturated carbocycles. The molecule has 2 rings (SSSR count). The minimum absolute atomic E-state index is 0.132. The summed E-state index contributed by atoms with van der Waals surface area (Å²) >= 11 is 5.60. The summed E-state index contributed by atoms with van der Waals surface area (Å²) in [5, 5.41) is 3.57. The van der Waals surface area contributed by atoms with E-state index >= 15 is 0 Å². The quantitative estimate of drug-likeness (QED) is 0.493. The van der Waals surface area contributed by atoms with E-state index in [2.05, 4.69) is 15.5 Å². The lowest BCUT2D eigenvalue weighted by atomic mass is 10.2. The topological polar surface area (TPSA) is 55.7 Å². The van der Waals surface area contributed by atoms with Crippen LogP contribution in [0.5, 0.6) is 11.5 Å². The minimum atomic E-state index is -4.53. The number of hydrazone groups is 1. The summed E-state index contributed by atoms with van der Waals surface area (Å²) in [6.07, 6.45) is -3.15. The highest BCUT2D eigenvalue weighted by Gasteiger charge is 2.31. The monoisotopic (exact) mass is 359 g/mol. The number of nitrogens with one attached hydrogen (secondary N) is 1. The lowest BCUT2D eigenvalue weighted by molar-refractivity contribution is -0.137. The average Bonchev–Trinajstić information content (AvgIpc) is 2.53. The Kier molecular flexibility index (Phi) is 5.50. The zero-order chi connectivity index (χ0) is 17.7. The number of anilines is 1. The third-order valence-corrected chi connectivity index (χ3v) is 3.13. The molecular weight excluding hydrogens is 347 g/mol. The fourth-order valence-corrected chi connectivity index (χ4v) is 2.03. The normalized spacial score (nSPS) is 11.6. The largest absolute Gasteiger partial charge is 0.497 e. The number of methoxy groups -OCH3 is 2. The van der Waals surface area contributed by atoms with Gasteiger partial charge in [0.05, 0.1) is 26.0 Å². The first-order valence-electron chi connectivity index (χ1n) is 6.59. The first kappa shape index (κ1) is 17.9. The first-order chi connectivity index (χ1) is 11.3. The van der Waals surface area contributed by atoms with E-state index in [0.29, 0.717) is 17.1 Å². The van der Waals surface area contributed by atoms with E-state index in [0.717, 1.165) is 12.1 Å². The first-order valence-corrected chi connectivity index (χ1v) is 6.97. The van der Waals surface area contributed by atoms with Gasteiger partial charge in [0, 0.05) is 5.56 Å². The van der Waals surface area contributed by atoms with Crippen LogP contribution < -0.4 is 14.9 Å². The van der Waals surface area contributed by atoms with E-state index in [4.69, 9.17) is 21.1 Å². The van der Waals surface area contributed by atoms with Crippen LogP contribution in [0.1, 0.15) is 11.1 Å². The number of benzene rings is 1. The second-order valence-electron chi connectivity index (χ2n) is 4.54. The van der Waals surface area contributed by atoms with Crippen LogP contribution in [-0.4, -0.2) is 25.4 Å². The molecule has 128 valence electrons. The second kappa shape index (κ2) is 7.39. The van der Waals surface area contributed by atoms with Gasteiger partial charge in [-0.15, -0.1) is 0 Å². The molecule has 0 fully saturated rings. The van der Waals surface area contributed by atoms with E-state index in [9.17, 15) is 13.2 Å². The van der Waals surface area contributed by atoms with E-state index in [1.54, 1.807) is 18.2 Å². The predicted octanol–water partition coefficient (Wildman–Crippen LogP) is 4.22.